The average Bonchev–Trinajstić information content (AvgIpc) is 2.52. The normalized spacial score (nSPS) is 22.9. The van der Waals surface area contributed by atoms with Crippen LogP contribution in [0.15, 0.2) is 5.10 Å². The van der Waals surface area contributed by atoms with Crippen molar-refractivity contribution in [2.24, 2.45) is 11.0 Å². The predicted molar refractivity (Wildman–Crippen MR) is 64.2 cm³/mol. The van der Waals surface area contributed by atoms with Crippen LogP contribution in [0.2, 0.25) is 0 Å². The summed E-state index contributed by atoms with van der Waals surface area (Å²) in [6.07, 6.45) is 3.55. The van der Waals surface area contributed by atoms with Gasteiger partial charge in [-0.2, -0.15) is 5.10 Å². The third-order valence-corrected chi connectivity index (χ3v) is 2.71. The summed E-state index contributed by atoms with van der Waals surface area (Å²) in [5.74, 6) is 0.692. The molecule has 1 fully saturated rings. The smallest absolute Gasteiger partial charge is 0.0704 e. The first-order chi connectivity index (χ1) is 7.13. The number of hydrogen-bond acceptors (Lipinski definition) is 3. The van der Waals surface area contributed by atoms with Crippen LogP contribution in [0.3, 0.4) is 0 Å². The quantitative estimate of drug-likeness (QED) is 0.654. The molecule has 1 atom stereocenters. The van der Waals surface area contributed by atoms with Crippen molar-refractivity contribution in [3.63, 3.8) is 0 Å². The Kier molecular flexibility index (Phi) is 5.09. The maximum atomic E-state index is 5.21. The van der Waals surface area contributed by atoms with Crippen LogP contribution in [0.5, 0.6) is 0 Å². The Morgan fingerprint density at radius 2 is 2.27 bits per heavy atom. The summed E-state index contributed by atoms with van der Waals surface area (Å²) in [6, 6.07) is 0.497. The maximum absolute atomic E-state index is 5.21. The van der Waals surface area contributed by atoms with E-state index in [4.69, 9.17) is 4.74 Å². The molecule has 1 rings (SSSR count). The third-order valence-electron chi connectivity index (χ3n) is 2.71. The van der Waals surface area contributed by atoms with Crippen LogP contribution < -0.4 is 0 Å². The average molecular weight is 212 g/mol. The number of nitrogens with zero attached hydrogens (tertiary/aromatic N) is 2. The lowest BCUT2D eigenvalue weighted by molar-refractivity contribution is 0.117. The fourth-order valence-corrected chi connectivity index (χ4v) is 2.16. The number of hydrazone groups is 1. The van der Waals surface area contributed by atoms with E-state index < -0.39 is 0 Å². The molecule has 3 heteroatoms. The number of hydrogen-bond donors (Lipinski definition) is 0. The lowest BCUT2D eigenvalue weighted by Crippen LogP contribution is -2.29. The summed E-state index contributed by atoms with van der Waals surface area (Å²) in [4.78, 5) is 0. The van der Waals surface area contributed by atoms with Crippen LogP contribution in [0, 0.1) is 5.92 Å². The highest BCUT2D eigenvalue weighted by molar-refractivity contribution is 5.81. The standard InChI is InChI=1S/C12H24N2O/c1-10(2)8-11(3)13-14-7-5-6-12(14)9-15-4/h10,12H,5-9H2,1-4H3/b13-11+/t12-/m1/s1. The molecule has 0 unspecified atom stereocenters. The van der Waals surface area contributed by atoms with Crippen molar-refractivity contribution in [3.8, 4) is 0 Å². The second-order valence-electron chi connectivity index (χ2n) is 4.85. The molecule has 88 valence electrons. The second kappa shape index (κ2) is 6.11. The molecule has 0 spiro atoms. The number of rotatable bonds is 5. The fraction of sp³-hybridized carbons (Fsp3) is 0.917. The van der Waals surface area contributed by atoms with Crippen LogP contribution >= 0.6 is 0 Å². The Balaban J connectivity index is 2.47. The summed E-state index contributed by atoms with van der Waals surface area (Å²) in [7, 11) is 1.77. The van der Waals surface area contributed by atoms with Crippen molar-refractivity contribution in [2.75, 3.05) is 20.3 Å². The maximum Gasteiger partial charge on any atom is 0.0704 e. The first kappa shape index (κ1) is 12.5. The zero-order chi connectivity index (χ0) is 11.3. The van der Waals surface area contributed by atoms with E-state index in [1.807, 2.05) is 0 Å². The third kappa shape index (κ3) is 4.20. The molecule has 0 radical (unpaired) electrons. The summed E-state index contributed by atoms with van der Waals surface area (Å²) < 4.78 is 5.21. The van der Waals surface area contributed by atoms with Gasteiger partial charge in [0.25, 0.3) is 0 Å². The summed E-state index contributed by atoms with van der Waals surface area (Å²) in [5.41, 5.74) is 1.24. The van der Waals surface area contributed by atoms with E-state index in [2.05, 4.69) is 30.9 Å². The molecule has 15 heavy (non-hydrogen) atoms. The van der Waals surface area contributed by atoms with E-state index in [1.54, 1.807) is 7.11 Å². The molecule has 1 aliphatic rings. The number of methoxy groups -OCH3 is 1. The van der Waals surface area contributed by atoms with Crippen molar-refractivity contribution >= 4 is 5.71 Å². The van der Waals surface area contributed by atoms with E-state index in [0.29, 0.717) is 12.0 Å². The highest BCUT2D eigenvalue weighted by atomic mass is 16.5. The zero-order valence-corrected chi connectivity index (χ0v) is 10.5. The molecule has 0 aromatic carbocycles. The molecule has 0 aliphatic carbocycles. The van der Waals surface area contributed by atoms with Gasteiger partial charge in [0.05, 0.1) is 12.6 Å². The van der Waals surface area contributed by atoms with Gasteiger partial charge in [-0.15, -0.1) is 0 Å². The highest BCUT2D eigenvalue weighted by Crippen LogP contribution is 2.18. The minimum Gasteiger partial charge on any atom is -0.382 e. The van der Waals surface area contributed by atoms with Crippen molar-refractivity contribution in [1.29, 1.82) is 0 Å². The van der Waals surface area contributed by atoms with Gasteiger partial charge in [0.2, 0.25) is 0 Å². The van der Waals surface area contributed by atoms with Crippen LogP contribution in [0.25, 0.3) is 0 Å². The molecular formula is C12H24N2O. The van der Waals surface area contributed by atoms with E-state index in [0.717, 1.165) is 19.6 Å². The molecule has 1 heterocycles. The van der Waals surface area contributed by atoms with Gasteiger partial charge < -0.3 is 4.74 Å². The highest BCUT2D eigenvalue weighted by Gasteiger charge is 2.22. The molecule has 0 amide bonds. The van der Waals surface area contributed by atoms with Crippen LogP contribution in [0.1, 0.15) is 40.0 Å². The molecule has 0 saturated carbocycles. The SMILES string of the molecule is COC[C@H]1CCCN1/N=C(\C)CC(C)C. The van der Waals surface area contributed by atoms with Crippen molar-refractivity contribution in [2.45, 2.75) is 46.1 Å². The van der Waals surface area contributed by atoms with Crippen molar-refractivity contribution in [3.05, 3.63) is 0 Å². The van der Waals surface area contributed by atoms with E-state index >= 15 is 0 Å². The summed E-state index contributed by atoms with van der Waals surface area (Å²) >= 11 is 0. The van der Waals surface area contributed by atoms with Crippen molar-refractivity contribution in [1.82, 2.24) is 5.01 Å². The zero-order valence-electron chi connectivity index (χ0n) is 10.5. The lowest BCUT2D eigenvalue weighted by Gasteiger charge is -2.22. The monoisotopic (exact) mass is 212 g/mol. The molecule has 3 nitrogen and oxygen atoms in total. The van der Waals surface area contributed by atoms with Crippen LogP contribution in [-0.4, -0.2) is 37.0 Å². The summed E-state index contributed by atoms with van der Waals surface area (Å²) in [6.45, 7) is 8.48. The van der Waals surface area contributed by atoms with E-state index in [1.165, 1.54) is 18.6 Å². The van der Waals surface area contributed by atoms with E-state index in [-0.39, 0.29) is 0 Å². The molecule has 0 aromatic rings. The topological polar surface area (TPSA) is 24.8 Å². The molecule has 1 aliphatic heterocycles. The van der Waals surface area contributed by atoms with Crippen molar-refractivity contribution < 1.29 is 4.74 Å². The van der Waals surface area contributed by atoms with Gasteiger partial charge in [0, 0.05) is 19.4 Å². The second-order valence-corrected chi connectivity index (χ2v) is 4.85. The van der Waals surface area contributed by atoms with Crippen LogP contribution in [-0.2, 0) is 4.74 Å². The lowest BCUT2D eigenvalue weighted by atomic mass is 10.1. The van der Waals surface area contributed by atoms with Gasteiger partial charge >= 0.3 is 0 Å². The predicted octanol–water partition coefficient (Wildman–Crippen LogP) is 2.52. The van der Waals surface area contributed by atoms with Gasteiger partial charge in [-0.1, -0.05) is 13.8 Å². The van der Waals surface area contributed by atoms with Gasteiger partial charge in [-0.25, -0.2) is 0 Å². The molecule has 0 aromatic heterocycles. The molecule has 1 saturated heterocycles. The van der Waals surface area contributed by atoms with Gasteiger partial charge in [-0.05, 0) is 32.1 Å². The Bertz CT molecular complexity index is 214. The Morgan fingerprint density at radius 1 is 1.53 bits per heavy atom. The first-order valence-electron chi connectivity index (χ1n) is 5.93. The van der Waals surface area contributed by atoms with E-state index in [9.17, 15) is 0 Å². The molecule has 0 bridgehead atoms. The Labute approximate surface area is 93.5 Å². The van der Waals surface area contributed by atoms with Gasteiger partial charge in [-0.3, -0.25) is 5.01 Å². The van der Waals surface area contributed by atoms with Gasteiger partial charge in [0.15, 0.2) is 0 Å². The largest absolute Gasteiger partial charge is 0.382 e. The van der Waals surface area contributed by atoms with Crippen LogP contribution in [0.4, 0.5) is 0 Å². The number of ether oxygens (including phenoxy) is 1. The Morgan fingerprint density at radius 3 is 2.87 bits per heavy atom. The summed E-state index contributed by atoms with van der Waals surface area (Å²) in [5, 5.41) is 6.90. The van der Waals surface area contributed by atoms with Gasteiger partial charge in [0.1, 0.15) is 0 Å². The Hall–Kier alpha value is -0.570. The first-order valence-corrected chi connectivity index (χ1v) is 5.93. The molecule has 0 N–H and O–H groups in total. The molecular weight excluding hydrogens is 188 g/mol. The fourth-order valence-electron chi connectivity index (χ4n) is 2.16. The minimum atomic E-state index is 0.497. The minimum absolute atomic E-state index is 0.497.